The topological polar surface area (TPSA) is 116 Å². The van der Waals surface area contributed by atoms with Crippen LogP contribution in [-0.2, 0) is 4.74 Å². The van der Waals surface area contributed by atoms with Crippen LogP contribution in [0.5, 0.6) is 0 Å². The molecule has 2 N–H and O–H groups in total. The van der Waals surface area contributed by atoms with Crippen molar-refractivity contribution >= 4 is 64.0 Å². The number of benzene rings is 6. The number of halogens is 2. The molecule has 2 atom stereocenters. The smallest absolute Gasteiger partial charge is 0.342 e. The van der Waals surface area contributed by atoms with Crippen LogP contribution in [0.1, 0.15) is 44.4 Å². The summed E-state index contributed by atoms with van der Waals surface area (Å²) in [4.78, 5) is 37.2. The molecule has 58 heavy (non-hydrogen) atoms. The number of amides is 4. The van der Waals surface area contributed by atoms with E-state index >= 15 is 0 Å². The van der Waals surface area contributed by atoms with E-state index < -0.39 is 5.97 Å². The summed E-state index contributed by atoms with van der Waals surface area (Å²) in [7, 11) is 1.32. The Labute approximate surface area is 346 Å². The summed E-state index contributed by atoms with van der Waals surface area (Å²) in [6, 6.07) is 50.5. The molecular formula is C46H38Cl2N6O4. The molecule has 0 aliphatic carbocycles. The molecule has 6 aromatic carbocycles. The van der Waals surface area contributed by atoms with Crippen molar-refractivity contribution in [2.45, 2.75) is 11.8 Å². The predicted octanol–water partition coefficient (Wildman–Crippen LogP) is 10.5. The van der Waals surface area contributed by atoms with E-state index in [9.17, 15) is 14.4 Å². The number of urea groups is 2. The van der Waals surface area contributed by atoms with E-state index in [1.807, 2.05) is 103 Å². The Morgan fingerprint density at radius 1 is 0.534 bits per heavy atom. The molecular weight excluding hydrogens is 771 g/mol. The van der Waals surface area contributed by atoms with Crippen LogP contribution in [0, 0.1) is 0 Å². The number of ether oxygens (including phenoxy) is 1. The van der Waals surface area contributed by atoms with Crippen molar-refractivity contribution in [3.63, 3.8) is 0 Å². The lowest BCUT2D eigenvalue weighted by Crippen LogP contribution is -2.30. The lowest BCUT2D eigenvalue weighted by Gasteiger charge is -2.16. The number of rotatable bonds is 7. The Hall–Kier alpha value is -6.75. The van der Waals surface area contributed by atoms with E-state index in [4.69, 9.17) is 27.9 Å². The van der Waals surface area contributed by atoms with Crippen LogP contribution in [0.2, 0.25) is 10.0 Å². The lowest BCUT2D eigenvalue weighted by atomic mass is 9.91. The fraction of sp³-hybridized carbons (Fsp3) is 0.109. The van der Waals surface area contributed by atoms with Crippen molar-refractivity contribution < 1.29 is 19.1 Å². The minimum Gasteiger partial charge on any atom is -0.465 e. The average Bonchev–Trinajstić information content (AvgIpc) is 3.93. The molecule has 6 aromatic rings. The molecule has 0 bridgehead atoms. The summed E-state index contributed by atoms with van der Waals surface area (Å²) in [6.45, 7) is 0.904. The first-order valence-electron chi connectivity index (χ1n) is 18.4. The van der Waals surface area contributed by atoms with Gasteiger partial charge in [0.05, 0.1) is 37.2 Å². The molecule has 2 aliphatic heterocycles. The second kappa shape index (κ2) is 18.5. The number of methoxy groups -OCH3 is 1. The summed E-state index contributed by atoms with van der Waals surface area (Å²) in [6.07, 6.45) is 0. The molecule has 4 amide bonds. The van der Waals surface area contributed by atoms with E-state index in [0.717, 1.165) is 33.7 Å². The third-order valence-electron chi connectivity index (χ3n) is 9.56. The highest BCUT2D eigenvalue weighted by atomic mass is 35.5. The lowest BCUT2D eigenvalue weighted by molar-refractivity contribution is 0.0600. The van der Waals surface area contributed by atoms with E-state index in [1.54, 1.807) is 48.5 Å². The quantitative estimate of drug-likeness (QED) is 0.156. The molecule has 0 spiro atoms. The number of hydrogen-bond donors (Lipinski definition) is 2. The summed E-state index contributed by atoms with van der Waals surface area (Å²) >= 11 is 11.9. The van der Waals surface area contributed by atoms with Crippen molar-refractivity contribution in [2.75, 3.05) is 30.8 Å². The minimum atomic E-state index is -0.430. The van der Waals surface area contributed by atoms with Gasteiger partial charge in [0.2, 0.25) is 0 Å². The molecule has 290 valence electrons. The molecule has 2 heterocycles. The van der Waals surface area contributed by atoms with Gasteiger partial charge < -0.3 is 15.4 Å². The Balaban J connectivity index is 0.000000178. The SMILES string of the molecule is COC(=O)c1ccc(NC(=O)N2CC(c3ccccc3)C(c3ccc(Cl)cc3)=N2)cc1.O=C(Nc1ccc(Cl)cc1)N1CC(c2ccccc2)C(c2ccccc2)=N1. The molecule has 2 unspecified atom stereocenters. The van der Waals surface area contributed by atoms with Crippen LogP contribution in [0.15, 0.2) is 174 Å². The summed E-state index contributed by atoms with van der Waals surface area (Å²) in [5, 5.41) is 19.2. The Morgan fingerprint density at radius 3 is 1.34 bits per heavy atom. The molecule has 0 aromatic heterocycles. The maximum absolute atomic E-state index is 12.9. The number of nitrogens with zero attached hydrogens (tertiary/aromatic N) is 4. The van der Waals surface area contributed by atoms with Gasteiger partial charge in [0.15, 0.2) is 0 Å². The molecule has 0 saturated carbocycles. The zero-order chi connectivity index (χ0) is 40.4. The van der Waals surface area contributed by atoms with Crippen molar-refractivity contribution in [3.05, 3.63) is 202 Å². The minimum absolute atomic E-state index is 0.0320. The first-order valence-corrected chi connectivity index (χ1v) is 19.2. The van der Waals surface area contributed by atoms with Gasteiger partial charge in [-0.05, 0) is 82.9 Å². The fourth-order valence-corrected chi connectivity index (χ4v) is 6.87. The predicted molar refractivity (Wildman–Crippen MR) is 230 cm³/mol. The van der Waals surface area contributed by atoms with E-state index in [2.05, 4.69) is 33.0 Å². The zero-order valence-electron chi connectivity index (χ0n) is 31.3. The van der Waals surface area contributed by atoms with Crippen LogP contribution in [0.3, 0.4) is 0 Å². The van der Waals surface area contributed by atoms with Gasteiger partial charge >= 0.3 is 18.0 Å². The van der Waals surface area contributed by atoms with Gasteiger partial charge in [-0.3, -0.25) is 0 Å². The summed E-state index contributed by atoms with van der Waals surface area (Å²) in [5.41, 5.74) is 7.51. The summed E-state index contributed by atoms with van der Waals surface area (Å²) in [5.74, 6) is -0.459. The van der Waals surface area contributed by atoms with Crippen molar-refractivity contribution in [1.29, 1.82) is 0 Å². The number of carbonyl (C=O) groups excluding carboxylic acids is 3. The Kier molecular flexibility index (Phi) is 12.6. The van der Waals surface area contributed by atoms with Gasteiger partial charge in [0, 0.05) is 33.3 Å². The van der Waals surface area contributed by atoms with Crippen molar-refractivity contribution in [3.8, 4) is 0 Å². The van der Waals surface area contributed by atoms with Gasteiger partial charge in [-0.15, -0.1) is 0 Å². The van der Waals surface area contributed by atoms with Gasteiger partial charge in [-0.1, -0.05) is 126 Å². The summed E-state index contributed by atoms with van der Waals surface area (Å²) < 4.78 is 4.69. The van der Waals surface area contributed by atoms with Crippen LogP contribution >= 0.6 is 23.2 Å². The first-order chi connectivity index (χ1) is 28.2. The van der Waals surface area contributed by atoms with Crippen molar-refractivity contribution in [2.24, 2.45) is 10.2 Å². The number of nitrogens with one attached hydrogen (secondary N) is 2. The third kappa shape index (κ3) is 9.61. The second-order valence-corrected chi connectivity index (χ2v) is 14.2. The molecule has 2 aliphatic rings. The maximum Gasteiger partial charge on any atom is 0.342 e. The average molecular weight is 810 g/mol. The monoisotopic (exact) mass is 808 g/mol. The number of hydrogen-bond acceptors (Lipinski definition) is 6. The maximum atomic E-state index is 12.9. The van der Waals surface area contributed by atoms with E-state index in [-0.39, 0.29) is 23.9 Å². The molecule has 0 fully saturated rings. The standard InChI is InChI=1S/C24H20ClN3O3.C22H18ClN3O/c1-31-23(29)18-9-13-20(14-10-18)26-24(30)28-15-21(16-5-3-2-4-6-16)22(27-28)17-7-11-19(25)12-8-17;23-18-11-13-19(14-12-18)24-22(27)26-15-20(16-7-3-1-4-8-16)21(25-26)17-9-5-2-6-10-17/h2-14,21H,15H2,1H3,(H,26,30);1-14,20H,15H2,(H,24,27). The molecule has 12 heteroatoms. The highest BCUT2D eigenvalue weighted by Gasteiger charge is 2.33. The Bertz CT molecular complexity index is 2410. The van der Waals surface area contributed by atoms with Crippen LogP contribution in [0.25, 0.3) is 0 Å². The molecule has 10 nitrogen and oxygen atoms in total. The highest BCUT2D eigenvalue weighted by molar-refractivity contribution is 6.31. The van der Waals surface area contributed by atoms with Crippen LogP contribution in [0.4, 0.5) is 21.0 Å². The second-order valence-electron chi connectivity index (χ2n) is 13.4. The van der Waals surface area contributed by atoms with E-state index in [1.165, 1.54) is 17.1 Å². The van der Waals surface area contributed by atoms with Gasteiger partial charge in [0.1, 0.15) is 0 Å². The number of anilines is 2. The van der Waals surface area contributed by atoms with Gasteiger partial charge in [0.25, 0.3) is 0 Å². The van der Waals surface area contributed by atoms with E-state index in [0.29, 0.717) is 40.1 Å². The van der Waals surface area contributed by atoms with Gasteiger partial charge in [-0.2, -0.15) is 10.2 Å². The van der Waals surface area contributed by atoms with Crippen LogP contribution in [-0.4, -0.2) is 59.7 Å². The zero-order valence-corrected chi connectivity index (χ0v) is 32.8. The number of carbonyl (C=O) groups is 3. The molecule has 8 rings (SSSR count). The number of esters is 1. The number of hydrazone groups is 2. The molecule has 0 radical (unpaired) electrons. The molecule has 0 saturated heterocycles. The fourth-order valence-electron chi connectivity index (χ4n) is 6.62. The Morgan fingerprint density at radius 2 is 0.914 bits per heavy atom. The van der Waals surface area contributed by atoms with Crippen LogP contribution < -0.4 is 10.6 Å². The third-order valence-corrected chi connectivity index (χ3v) is 10.1. The largest absolute Gasteiger partial charge is 0.465 e. The highest BCUT2D eigenvalue weighted by Crippen LogP contribution is 2.31. The van der Waals surface area contributed by atoms with Crippen molar-refractivity contribution in [1.82, 2.24) is 10.0 Å². The normalized spacial score (nSPS) is 15.7. The van der Waals surface area contributed by atoms with Gasteiger partial charge in [-0.25, -0.2) is 24.4 Å². The first kappa shape index (κ1) is 39.5.